The Morgan fingerprint density at radius 3 is 2.74 bits per heavy atom. The number of aromatic nitrogens is 2. The van der Waals surface area contributed by atoms with Crippen molar-refractivity contribution in [1.29, 1.82) is 0 Å². The Labute approximate surface area is 110 Å². The first-order valence-corrected chi connectivity index (χ1v) is 6.23. The molecule has 1 aromatic rings. The van der Waals surface area contributed by atoms with Crippen molar-refractivity contribution in [2.24, 2.45) is 5.92 Å². The summed E-state index contributed by atoms with van der Waals surface area (Å²) in [7, 11) is 0. The Bertz CT molecular complexity index is 505. The van der Waals surface area contributed by atoms with Gasteiger partial charge in [-0.3, -0.25) is 10.1 Å². The number of nitrogens with zero attached hydrogens (tertiary/aromatic N) is 3. The third-order valence-electron chi connectivity index (χ3n) is 3.43. The first-order chi connectivity index (χ1) is 8.82. The van der Waals surface area contributed by atoms with Crippen LogP contribution in [0.25, 0.3) is 0 Å². The van der Waals surface area contributed by atoms with Gasteiger partial charge in [-0.15, -0.1) is 0 Å². The molecule has 2 rings (SSSR count). The predicted molar refractivity (Wildman–Crippen MR) is 66.5 cm³/mol. The largest absolute Gasteiger partial charge is 0.461 e. The molecule has 0 amide bonds. The molecule has 7 heteroatoms. The molecule has 1 fully saturated rings. The van der Waals surface area contributed by atoms with E-state index in [1.165, 1.54) is 10.9 Å². The van der Waals surface area contributed by atoms with E-state index in [-0.39, 0.29) is 11.8 Å². The molecule has 1 aliphatic carbocycles. The number of hydrogen-bond acceptors (Lipinski definition) is 5. The molecule has 0 saturated heterocycles. The second-order valence-corrected chi connectivity index (χ2v) is 5.41. The molecule has 0 bridgehead atoms. The van der Waals surface area contributed by atoms with Crippen molar-refractivity contribution in [2.45, 2.75) is 45.3 Å². The highest BCUT2D eigenvalue weighted by atomic mass is 16.6. The van der Waals surface area contributed by atoms with Crippen LogP contribution in [0.1, 0.15) is 33.6 Å². The monoisotopic (exact) mass is 267 g/mol. The van der Waals surface area contributed by atoms with Crippen LogP contribution in [-0.2, 0) is 15.1 Å². The van der Waals surface area contributed by atoms with E-state index >= 15 is 0 Å². The van der Waals surface area contributed by atoms with Crippen LogP contribution >= 0.6 is 0 Å². The molecule has 1 atom stereocenters. The SMILES string of the molecule is C[C@@H](OC(=O)C(C)(C)n1cc([N+](=O)[O-])cn1)C1CC1. The molecule has 0 aliphatic heterocycles. The van der Waals surface area contributed by atoms with Gasteiger partial charge >= 0.3 is 11.7 Å². The summed E-state index contributed by atoms with van der Waals surface area (Å²) >= 11 is 0. The van der Waals surface area contributed by atoms with Crippen LogP contribution in [-0.4, -0.2) is 26.8 Å². The van der Waals surface area contributed by atoms with Crippen molar-refractivity contribution in [3.8, 4) is 0 Å². The van der Waals surface area contributed by atoms with E-state index in [2.05, 4.69) is 5.10 Å². The fourth-order valence-electron chi connectivity index (χ4n) is 1.78. The molecule has 1 aromatic heterocycles. The number of ether oxygens (including phenoxy) is 1. The van der Waals surface area contributed by atoms with Gasteiger partial charge in [-0.25, -0.2) is 9.48 Å². The molecule has 1 heterocycles. The van der Waals surface area contributed by atoms with Crippen molar-refractivity contribution in [2.75, 3.05) is 0 Å². The van der Waals surface area contributed by atoms with E-state index in [4.69, 9.17) is 4.74 Å². The van der Waals surface area contributed by atoms with Crippen LogP contribution in [0.15, 0.2) is 12.4 Å². The topological polar surface area (TPSA) is 87.3 Å². The maximum Gasteiger partial charge on any atom is 0.333 e. The third-order valence-corrected chi connectivity index (χ3v) is 3.43. The van der Waals surface area contributed by atoms with Crippen molar-refractivity contribution < 1.29 is 14.5 Å². The number of rotatable bonds is 5. The quantitative estimate of drug-likeness (QED) is 0.461. The summed E-state index contributed by atoms with van der Waals surface area (Å²) in [5.41, 5.74) is -1.20. The molecular formula is C12H17N3O4. The van der Waals surface area contributed by atoms with Crippen molar-refractivity contribution in [1.82, 2.24) is 9.78 Å². The van der Waals surface area contributed by atoms with E-state index in [1.54, 1.807) is 13.8 Å². The van der Waals surface area contributed by atoms with Gasteiger partial charge in [0.25, 0.3) is 0 Å². The summed E-state index contributed by atoms with van der Waals surface area (Å²) in [6.45, 7) is 5.13. The third kappa shape index (κ3) is 2.74. The van der Waals surface area contributed by atoms with Crippen LogP contribution in [0.2, 0.25) is 0 Å². The summed E-state index contributed by atoms with van der Waals surface area (Å²) in [5, 5.41) is 14.5. The number of esters is 1. The fourth-order valence-corrected chi connectivity index (χ4v) is 1.78. The van der Waals surface area contributed by atoms with Crippen LogP contribution < -0.4 is 0 Å². The van der Waals surface area contributed by atoms with E-state index in [1.807, 2.05) is 6.92 Å². The predicted octanol–water partition coefficient (Wildman–Crippen LogP) is 1.87. The molecule has 0 aromatic carbocycles. The molecule has 0 spiro atoms. The first kappa shape index (κ1) is 13.5. The first-order valence-electron chi connectivity index (χ1n) is 6.23. The molecule has 0 N–H and O–H groups in total. The minimum Gasteiger partial charge on any atom is -0.461 e. The highest BCUT2D eigenvalue weighted by molar-refractivity contribution is 5.78. The van der Waals surface area contributed by atoms with Gasteiger partial charge in [-0.05, 0) is 39.5 Å². The Balaban J connectivity index is 2.10. The average Bonchev–Trinajstić information content (AvgIpc) is 3.05. The number of hydrogen-bond donors (Lipinski definition) is 0. The van der Waals surface area contributed by atoms with E-state index in [0.29, 0.717) is 5.92 Å². The molecule has 1 aliphatic rings. The molecule has 104 valence electrons. The second kappa shape index (κ2) is 4.64. The van der Waals surface area contributed by atoms with Crippen LogP contribution in [0, 0.1) is 16.0 Å². The highest BCUT2D eigenvalue weighted by Crippen LogP contribution is 2.35. The van der Waals surface area contributed by atoms with Crippen molar-refractivity contribution in [3.63, 3.8) is 0 Å². The van der Waals surface area contributed by atoms with Gasteiger partial charge in [0, 0.05) is 0 Å². The maximum atomic E-state index is 12.1. The summed E-state index contributed by atoms with van der Waals surface area (Å²) < 4.78 is 6.66. The summed E-state index contributed by atoms with van der Waals surface area (Å²) in [6, 6.07) is 0. The maximum absolute atomic E-state index is 12.1. The fraction of sp³-hybridized carbons (Fsp3) is 0.667. The Morgan fingerprint density at radius 1 is 1.63 bits per heavy atom. The normalized spacial score (nSPS) is 17.0. The minimum absolute atomic E-state index is 0.114. The van der Waals surface area contributed by atoms with Gasteiger partial charge in [0.1, 0.15) is 18.5 Å². The van der Waals surface area contributed by atoms with Crippen LogP contribution in [0.4, 0.5) is 5.69 Å². The van der Waals surface area contributed by atoms with Gasteiger partial charge in [-0.2, -0.15) is 5.10 Å². The van der Waals surface area contributed by atoms with Gasteiger partial charge in [0.2, 0.25) is 0 Å². The lowest BCUT2D eigenvalue weighted by atomic mass is 10.1. The number of carbonyl (C=O) groups is 1. The van der Waals surface area contributed by atoms with E-state index < -0.39 is 16.4 Å². The lowest BCUT2D eigenvalue weighted by Gasteiger charge is -2.25. The van der Waals surface area contributed by atoms with Crippen LogP contribution in [0.5, 0.6) is 0 Å². The second-order valence-electron chi connectivity index (χ2n) is 5.41. The molecule has 19 heavy (non-hydrogen) atoms. The number of carbonyl (C=O) groups excluding carboxylic acids is 1. The zero-order chi connectivity index (χ0) is 14.2. The van der Waals surface area contributed by atoms with Gasteiger partial charge in [0.05, 0.1) is 4.92 Å². The Morgan fingerprint density at radius 2 is 2.26 bits per heavy atom. The molecule has 0 radical (unpaired) electrons. The standard InChI is InChI=1S/C12H17N3O4/c1-8(9-4-5-9)19-11(16)12(2,3)14-7-10(6-13-14)15(17)18/h6-9H,4-5H2,1-3H3/t8-/m1/s1. The smallest absolute Gasteiger partial charge is 0.333 e. The summed E-state index contributed by atoms with van der Waals surface area (Å²) in [5.74, 6) is 0.0246. The van der Waals surface area contributed by atoms with Gasteiger partial charge in [-0.1, -0.05) is 0 Å². The minimum atomic E-state index is -1.06. The molecule has 1 saturated carbocycles. The van der Waals surface area contributed by atoms with Gasteiger partial charge < -0.3 is 4.74 Å². The Hall–Kier alpha value is -1.92. The molecular weight excluding hydrogens is 250 g/mol. The Kier molecular flexibility index (Phi) is 3.30. The lowest BCUT2D eigenvalue weighted by molar-refractivity contribution is -0.385. The lowest BCUT2D eigenvalue weighted by Crippen LogP contribution is -2.39. The summed E-state index contributed by atoms with van der Waals surface area (Å²) in [6.07, 6.45) is 4.42. The van der Waals surface area contributed by atoms with E-state index in [0.717, 1.165) is 19.0 Å². The zero-order valence-electron chi connectivity index (χ0n) is 11.2. The highest BCUT2D eigenvalue weighted by Gasteiger charge is 2.38. The molecule has 7 nitrogen and oxygen atoms in total. The zero-order valence-corrected chi connectivity index (χ0v) is 11.2. The van der Waals surface area contributed by atoms with E-state index in [9.17, 15) is 14.9 Å². The van der Waals surface area contributed by atoms with Crippen molar-refractivity contribution >= 4 is 11.7 Å². The van der Waals surface area contributed by atoms with Gasteiger partial charge in [0.15, 0.2) is 5.54 Å². The summed E-state index contributed by atoms with van der Waals surface area (Å²) in [4.78, 5) is 22.2. The molecule has 0 unspecified atom stereocenters. The average molecular weight is 267 g/mol. The van der Waals surface area contributed by atoms with Crippen LogP contribution in [0.3, 0.4) is 0 Å². The number of nitro groups is 1. The van der Waals surface area contributed by atoms with Crippen molar-refractivity contribution in [3.05, 3.63) is 22.5 Å².